The highest BCUT2D eigenvalue weighted by Crippen LogP contribution is 2.27. The zero-order valence-corrected chi connectivity index (χ0v) is 11.6. The minimum absolute atomic E-state index is 0.0464. The van der Waals surface area contributed by atoms with Gasteiger partial charge in [-0.15, -0.1) is 11.3 Å². The monoisotopic (exact) mass is 251 g/mol. The average Bonchev–Trinajstić information content (AvgIpc) is 2.75. The van der Waals surface area contributed by atoms with Gasteiger partial charge in [-0.1, -0.05) is 6.92 Å². The van der Waals surface area contributed by atoms with Crippen LogP contribution < -0.4 is 5.73 Å². The molecule has 3 nitrogen and oxygen atoms in total. The van der Waals surface area contributed by atoms with Crippen molar-refractivity contribution in [1.29, 1.82) is 5.26 Å². The lowest BCUT2D eigenvalue weighted by atomic mass is 10.1. The molecule has 0 radical (unpaired) electrons. The average molecular weight is 251 g/mol. The molecule has 94 valence electrons. The number of nitrogens with two attached hydrogens (primary N) is 1. The summed E-state index contributed by atoms with van der Waals surface area (Å²) in [5, 5.41) is 8.90. The highest BCUT2D eigenvalue weighted by Gasteiger charge is 2.20. The van der Waals surface area contributed by atoms with Gasteiger partial charge >= 0.3 is 0 Å². The summed E-state index contributed by atoms with van der Waals surface area (Å²) in [4.78, 5) is 4.90. The van der Waals surface area contributed by atoms with Gasteiger partial charge in [-0.05, 0) is 32.5 Å². The lowest BCUT2D eigenvalue weighted by Gasteiger charge is -2.29. The fourth-order valence-corrected chi connectivity index (χ4v) is 2.97. The topological polar surface area (TPSA) is 53.0 Å². The van der Waals surface area contributed by atoms with Crippen LogP contribution in [-0.4, -0.2) is 24.5 Å². The molecule has 2 N–H and O–H groups in total. The van der Waals surface area contributed by atoms with E-state index < -0.39 is 0 Å². The van der Waals surface area contributed by atoms with E-state index in [9.17, 15) is 0 Å². The Labute approximate surface area is 108 Å². The molecule has 0 aliphatic rings. The van der Waals surface area contributed by atoms with E-state index in [4.69, 9.17) is 11.0 Å². The van der Waals surface area contributed by atoms with E-state index in [-0.39, 0.29) is 12.0 Å². The summed E-state index contributed by atoms with van der Waals surface area (Å²) in [6, 6.07) is 6.81. The van der Waals surface area contributed by atoms with Gasteiger partial charge in [-0.3, -0.25) is 4.90 Å². The number of hydrogen-bond donors (Lipinski definition) is 1. The summed E-state index contributed by atoms with van der Waals surface area (Å²) in [6.07, 6.45) is 0. The fraction of sp³-hybridized carbons (Fsp3) is 0.615. The molecule has 0 amide bonds. The van der Waals surface area contributed by atoms with Crippen LogP contribution in [0.4, 0.5) is 0 Å². The summed E-state index contributed by atoms with van der Waals surface area (Å²) in [7, 11) is 0. The molecule has 0 fully saturated rings. The third kappa shape index (κ3) is 3.81. The van der Waals surface area contributed by atoms with Gasteiger partial charge in [-0.25, -0.2) is 0 Å². The zero-order chi connectivity index (χ0) is 12.8. The molecule has 1 heterocycles. The fourth-order valence-electron chi connectivity index (χ4n) is 1.95. The second kappa shape index (κ2) is 6.75. The first-order valence-electron chi connectivity index (χ1n) is 6.02. The summed E-state index contributed by atoms with van der Waals surface area (Å²) in [5.41, 5.74) is 5.89. The summed E-state index contributed by atoms with van der Waals surface area (Å²) in [5.74, 6) is 0.0464. The van der Waals surface area contributed by atoms with Crippen LogP contribution in [0.3, 0.4) is 0 Å². The first kappa shape index (κ1) is 14.2. The van der Waals surface area contributed by atoms with E-state index in [1.54, 1.807) is 11.3 Å². The van der Waals surface area contributed by atoms with Crippen molar-refractivity contribution >= 4 is 11.3 Å². The predicted octanol–water partition coefficient (Wildman–Crippen LogP) is 2.54. The van der Waals surface area contributed by atoms with Gasteiger partial charge in [0, 0.05) is 22.8 Å². The third-order valence-electron chi connectivity index (χ3n) is 2.89. The quantitative estimate of drug-likeness (QED) is 0.845. The van der Waals surface area contributed by atoms with E-state index in [0.29, 0.717) is 6.54 Å². The van der Waals surface area contributed by atoms with Gasteiger partial charge in [-0.2, -0.15) is 5.26 Å². The van der Waals surface area contributed by atoms with E-state index in [1.165, 1.54) is 9.75 Å². The standard InChI is InChI=1S/C13H21N3S/c1-4-16(9-10(2)7-14)12(8-15)13-6-5-11(3)17-13/h5-6,10,12H,4,8-9,15H2,1-3H3. The summed E-state index contributed by atoms with van der Waals surface area (Å²) < 4.78 is 0. The number of aryl methyl sites for hydroxylation is 1. The molecule has 2 atom stereocenters. The number of thiophene rings is 1. The van der Waals surface area contributed by atoms with Crippen LogP contribution in [0.15, 0.2) is 12.1 Å². The maximum Gasteiger partial charge on any atom is 0.0666 e. The van der Waals surface area contributed by atoms with Crippen molar-refractivity contribution in [1.82, 2.24) is 4.90 Å². The Morgan fingerprint density at radius 3 is 2.65 bits per heavy atom. The van der Waals surface area contributed by atoms with E-state index >= 15 is 0 Å². The Bertz CT molecular complexity index is 380. The number of hydrogen-bond acceptors (Lipinski definition) is 4. The molecule has 1 aromatic rings. The van der Waals surface area contributed by atoms with Crippen LogP contribution in [0.2, 0.25) is 0 Å². The smallest absolute Gasteiger partial charge is 0.0666 e. The number of likely N-dealkylation sites (N-methyl/N-ethyl adjacent to an activating group) is 1. The van der Waals surface area contributed by atoms with Gasteiger partial charge in [0.1, 0.15) is 0 Å². The van der Waals surface area contributed by atoms with E-state index in [1.807, 2.05) is 6.92 Å². The van der Waals surface area contributed by atoms with Crippen LogP contribution in [0.25, 0.3) is 0 Å². The highest BCUT2D eigenvalue weighted by atomic mass is 32.1. The maximum atomic E-state index is 8.90. The van der Waals surface area contributed by atoms with Gasteiger partial charge in [0.05, 0.1) is 18.0 Å². The van der Waals surface area contributed by atoms with Crippen LogP contribution in [0.1, 0.15) is 29.6 Å². The summed E-state index contributed by atoms with van der Waals surface area (Å²) in [6.45, 7) is 8.49. The molecule has 0 saturated heterocycles. The lowest BCUT2D eigenvalue weighted by Crippen LogP contribution is -2.36. The van der Waals surface area contributed by atoms with Gasteiger partial charge in [0.15, 0.2) is 0 Å². The first-order valence-corrected chi connectivity index (χ1v) is 6.84. The molecule has 0 spiro atoms. The minimum atomic E-state index is 0.0464. The zero-order valence-electron chi connectivity index (χ0n) is 10.8. The molecular weight excluding hydrogens is 230 g/mol. The Balaban J connectivity index is 2.80. The van der Waals surface area contributed by atoms with Crippen molar-refractivity contribution in [2.24, 2.45) is 11.7 Å². The number of rotatable bonds is 6. The molecule has 0 aromatic carbocycles. The van der Waals surface area contributed by atoms with Crippen molar-refractivity contribution in [3.8, 4) is 6.07 Å². The molecule has 2 unspecified atom stereocenters. The highest BCUT2D eigenvalue weighted by molar-refractivity contribution is 7.12. The third-order valence-corrected chi connectivity index (χ3v) is 3.99. The Morgan fingerprint density at radius 1 is 1.53 bits per heavy atom. The molecule has 4 heteroatoms. The molecule has 0 saturated carbocycles. The van der Waals surface area contributed by atoms with Crippen LogP contribution in [-0.2, 0) is 0 Å². The van der Waals surface area contributed by atoms with Gasteiger partial charge in [0.25, 0.3) is 0 Å². The molecule has 0 aliphatic heterocycles. The first-order chi connectivity index (χ1) is 8.12. The number of nitriles is 1. The van der Waals surface area contributed by atoms with Crippen molar-refractivity contribution in [3.63, 3.8) is 0 Å². The minimum Gasteiger partial charge on any atom is -0.329 e. The van der Waals surface area contributed by atoms with Crippen molar-refractivity contribution < 1.29 is 0 Å². The second-order valence-electron chi connectivity index (χ2n) is 4.32. The van der Waals surface area contributed by atoms with Gasteiger partial charge < -0.3 is 5.73 Å². The lowest BCUT2D eigenvalue weighted by molar-refractivity contribution is 0.200. The van der Waals surface area contributed by atoms with Crippen molar-refractivity contribution in [2.45, 2.75) is 26.8 Å². The molecule has 1 rings (SSSR count). The normalized spacial score (nSPS) is 14.6. The molecule has 1 aromatic heterocycles. The summed E-state index contributed by atoms with van der Waals surface area (Å²) >= 11 is 1.79. The Morgan fingerprint density at radius 2 is 2.24 bits per heavy atom. The van der Waals surface area contributed by atoms with E-state index in [0.717, 1.165) is 13.1 Å². The molecule has 17 heavy (non-hydrogen) atoms. The van der Waals surface area contributed by atoms with Crippen molar-refractivity contribution in [3.05, 3.63) is 21.9 Å². The molecule has 0 bridgehead atoms. The molecule has 0 aliphatic carbocycles. The number of nitrogens with zero attached hydrogens (tertiary/aromatic N) is 2. The predicted molar refractivity (Wildman–Crippen MR) is 72.9 cm³/mol. The Kier molecular flexibility index (Phi) is 5.63. The SMILES string of the molecule is CCN(CC(C)C#N)C(CN)c1ccc(C)s1. The Hall–Kier alpha value is -0.890. The molecular formula is C13H21N3S. The van der Waals surface area contributed by atoms with Crippen LogP contribution in [0.5, 0.6) is 0 Å². The second-order valence-corrected chi connectivity index (χ2v) is 5.64. The van der Waals surface area contributed by atoms with E-state index in [2.05, 4.69) is 36.9 Å². The van der Waals surface area contributed by atoms with Crippen LogP contribution in [0, 0.1) is 24.2 Å². The largest absolute Gasteiger partial charge is 0.329 e. The van der Waals surface area contributed by atoms with Gasteiger partial charge in [0.2, 0.25) is 0 Å². The van der Waals surface area contributed by atoms with Crippen LogP contribution >= 0.6 is 11.3 Å². The maximum absolute atomic E-state index is 8.90. The van der Waals surface area contributed by atoms with Crippen molar-refractivity contribution in [2.75, 3.05) is 19.6 Å².